The fourth-order valence-electron chi connectivity index (χ4n) is 3.68. The molecule has 1 aromatic carbocycles. The summed E-state index contributed by atoms with van der Waals surface area (Å²) in [5.41, 5.74) is -0.343. The maximum absolute atomic E-state index is 13.1. The monoisotopic (exact) mass is 557 g/mol. The van der Waals surface area contributed by atoms with Gasteiger partial charge in [-0.05, 0) is 51.1 Å². The highest BCUT2D eigenvalue weighted by atomic mass is 32.2. The van der Waals surface area contributed by atoms with Crippen LogP contribution >= 0.6 is 11.8 Å². The van der Waals surface area contributed by atoms with Gasteiger partial charge in [-0.25, -0.2) is 9.59 Å². The minimum absolute atomic E-state index is 0.0307. The number of thioether (sulfide) groups is 1. The molecular weight excluding hydrogens is 522 g/mol. The summed E-state index contributed by atoms with van der Waals surface area (Å²) in [6.07, 6.45) is 4.37. The van der Waals surface area contributed by atoms with Crippen molar-refractivity contribution < 1.29 is 33.3 Å². The minimum atomic E-state index is -0.637. The molecule has 11 heteroatoms. The van der Waals surface area contributed by atoms with Gasteiger partial charge in [-0.3, -0.25) is 4.79 Å². The summed E-state index contributed by atoms with van der Waals surface area (Å²) < 4.78 is 21.8. The molecule has 2 unspecified atom stereocenters. The summed E-state index contributed by atoms with van der Waals surface area (Å²) in [4.78, 5) is 39.6. The molecule has 1 saturated heterocycles. The lowest BCUT2D eigenvalue weighted by Gasteiger charge is -2.24. The predicted molar refractivity (Wildman–Crippen MR) is 149 cm³/mol. The van der Waals surface area contributed by atoms with Gasteiger partial charge in [-0.15, -0.1) is 0 Å². The molecule has 210 valence electrons. The van der Waals surface area contributed by atoms with Crippen LogP contribution in [-0.4, -0.2) is 72.0 Å². The van der Waals surface area contributed by atoms with Gasteiger partial charge in [0, 0.05) is 23.9 Å². The Morgan fingerprint density at radius 3 is 2.41 bits per heavy atom. The highest BCUT2D eigenvalue weighted by molar-refractivity contribution is 8.13. The standard InChI is InChI=1S/C28H35N3O7S/c1-7-10-35-23-14-19(13-20(16-29)24(23)36-11-8-2)25(32)30-17-21-15-22(39-27(34)38-28(4,5)6)18-31(21)26(33)37-12-9-3/h7-9,13-14,21-22H,1-3,10-12,15,17-18H2,4-6H3,(H,30,32). The summed E-state index contributed by atoms with van der Waals surface area (Å²) in [6, 6.07) is 4.47. The van der Waals surface area contributed by atoms with Gasteiger partial charge in [-0.1, -0.05) is 38.0 Å². The Hall–Kier alpha value is -3.91. The number of nitriles is 1. The fourth-order valence-corrected chi connectivity index (χ4v) is 4.80. The number of benzene rings is 1. The molecule has 0 aliphatic carbocycles. The number of ether oxygens (including phenoxy) is 4. The molecule has 1 aromatic rings. The fraction of sp³-hybridized carbons (Fsp3) is 0.429. The first kappa shape index (κ1) is 31.3. The second-order valence-electron chi connectivity index (χ2n) is 9.48. The summed E-state index contributed by atoms with van der Waals surface area (Å²) >= 11 is 1.01. The quantitative estimate of drug-likeness (QED) is 0.283. The number of likely N-dealkylation sites (tertiary alicyclic amines) is 1. The number of nitrogens with one attached hydrogen (secondary N) is 1. The van der Waals surface area contributed by atoms with Gasteiger partial charge in [0.05, 0.1) is 11.6 Å². The minimum Gasteiger partial charge on any atom is -0.486 e. The smallest absolute Gasteiger partial charge is 0.410 e. The molecule has 0 aromatic heterocycles. The lowest BCUT2D eigenvalue weighted by Crippen LogP contribution is -2.43. The van der Waals surface area contributed by atoms with Crippen LogP contribution in [0.15, 0.2) is 50.1 Å². The lowest BCUT2D eigenvalue weighted by molar-refractivity contribution is 0.0736. The second kappa shape index (κ2) is 14.9. The van der Waals surface area contributed by atoms with Gasteiger partial charge < -0.3 is 29.2 Å². The zero-order chi connectivity index (χ0) is 29.0. The SMILES string of the molecule is C=CCOC(=O)N1CC(SC(=O)OC(C)(C)C)CC1CNC(=O)c1cc(C#N)c(OCC=C)c(OCC=C)c1. The van der Waals surface area contributed by atoms with Crippen molar-refractivity contribution in [3.63, 3.8) is 0 Å². The maximum Gasteiger partial charge on any atom is 0.410 e. The van der Waals surface area contributed by atoms with E-state index < -0.39 is 28.9 Å². The van der Waals surface area contributed by atoms with Crippen LogP contribution in [0.4, 0.5) is 9.59 Å². The van der Waals surface area contributed by atoms with Crippen molar-refractivity contribution in [2.45, 2.75) is 44.1 Å². The van der Waals surface area contributed by atoms with Crippen molar-refractivity contribution in [1.29, 1.82) is 5.26 Å². The van der Waals surface area contributed by atoms with E-state index in [1.807, 2.05) is 6.07 Å². The van der Waals surface area contributed by atoms with Crippen LogP contribution in [0.5, 0.6) is 11.5 Å². The molecule has 0 bridgehead atoms. The van der Waals surface area contributed by atoms with Crippen molar-refractivity contribution in [3.8, 4) is 17.6 Å². The summed E-state index contributed by atoms with van der Waals surface area (Å²) in [6.45, 7) is 16.8. The number of hydrogen-bond donors (Lipinski definition) is 1. The normalized spacial score (nSPS) is 16.4. The van der Waals surface area contributed by atoms with E-state index in [0.29, 0.717) is 6.42 Å². The number of carbonyl (C=O) groups is 3. The molecule has 0 spiro atoms. The zero-order valence-corrected chi connectivity index (χ0v) is 23.4. The highest BCUT2D eigenvalue weighted by Crippen LogP contribution is 2.34. The van der Waals surface area contributed by atoms with Crippen LogP contribution in [-0.2, 0) is 9.47 Å². The Morgan fingerprint density at radius 1 is 1.13 bits per heavy atom. The van der Waals surface area contributed by atoms with Gasteiger partial charge >= 0.3 is 11.4 Å². The summed E-state index contributed by atoms with van der Waals surface area (Å²) in [5.74, 6) is -0.0668. The van der Waals surface area contributed by atoms with Crippen LogP contribution < -0.4 is 14.8 Å². The average molecular weight is 558 g/mol. The molecule has 0 radical (unpaired) electrons. The van der Waals surface area contributed by atoms with E-state index in [2.05, 4.69) is 25.1 Å². The van der Waals surface area contributed by atoms with Crippen molar-refractivity contribution >= 4 is 29.1 Å². The third kappa shape index (κ3) is 9.72. The van der Waals surface area contributed by atoms with Crippen molar-refractivity contribution in [3.05, 3.63) is 61.2 Å². The first-order chi connectivity index (χ1) is 18.5. The van der Waals surface area contributed by atoms with Gasteiger partial charge in [0.15, 0.2) is 11.5 Å². The summed E-state index contributed by atoms with van der Waals surface area (Å²) in [5, 5.41) is 11.8. The van der Waals surface area contributed by atoms with Crippen LogP contribution in [0.25, 0.3) is 0 Å². The van der Waals surface area contributed by atoms with Gasteiger partial charge in [0.25, 0.3) is 5.91 Å². The molecular formula is C28H35N3O7S. The first-order valence-corrected chi connectivity index (χ1v) is 13.2. The Labute approximate surface area is 233 Å². The van der Waals surface area contributed by atoms with Crippen molar-refractivity contribution in [1.82, 2.24) is 10.2 Å². The lowest BCUT2D eigenvalue weighted by atomic mass is 10.1. The Bertz CT molecular complexity index is 1120. The summed E-state index contributed by atoms with van der Waals surface area (Å²) in [7, 11) is 0. The molecule has 1 aliphatic rings. The molecule has 1 fully saturated rings. The van der Waals surface area contributed by atoms with Crippen molar-refractivity contribution in [2.24, 2.45) is 0 Å². The highest BCUT2D eigenvalue weighted by Gasteiger charge is 2.38. The molecule has 2 rings (SSSR count). The topological polar surface area (TPSA) is 127 Å². The third-order valence-electron chi connectivity index (χ3n) is 5.23. The van der Waals surface area contributed by atoms with Gasteiger partial charge in [0.1, 0.15) is 31.5 Å². The van der Waals surface area contributed by atoms with E-state index in [1.165, 1.54) is 35.3 Å². The number of amides is 2. The molecule has 1 N–H and O–H groups in total. The molecule has 2 amide bonds. The van der Waals surface area contributed by atoms with Gasteiger partial charge in [-0.2, -0.15) is 5.26 Å². The van der Waals surface area contributed by atoms with Crippen LogP contribution in [0.2, 0.25) is 0 Å². The molecule has 10 nitrogen and oxygen atoms in total. The van der Waals surface area contributed by atoms with E-state index >= 15 is 0 Å². The van der Waals surface area contributed by atoms with Crippen LogP contribution in [0.3, 0.4) is 0 Å². The van der Waals surface area contributed by atoms with Crippen molar-refractivity contribution in [2.75, 3.05) is 32.9 Å². The Morgan fingerprint density at radius 2 is 1.79 bits per heavy atom. The molecule has 1 aliphatic heterocycles. The predicted octanol–water partition coefficient (Wildman–Crippen LogP) is 4.85. The largest absolute Gasteiger partial charge is 0.486 e. The average Bonchev–Trinajstić information content (AvgIpc) is 3.28. The molecule has 2 atom stereocenters. The maximum atomic E-state index is 13.1. The van der Waals surface area contributed by atoms with Gasteiger partial charge in [0.2, 0.25) is 0 Å². The Kier molecular flexibility index (Phi) is 11.9. The number of carbonyl (C=O) groups excluding carboxylic acids is 3. The molecule has 39 heavy (non-hydrogen) atoms. The van der Waals surface area contributed by atoms with Crippen LogP contribution in [0, 0.1) is 11.3 Å². The third-order valence-corrected chi connectivity index (χ3v) is 6.18. The first-order valence-electron chi connectivity index (χ1n) is 12.3. The number of rotatable bonds is 12. The van der Waals surface area contributed by atoms with E-state index in [4.69, 9.17) is 18.9 Å². The van der Waals surface area contributed by atoms with Crippen LogP contribution in [0.1, 0.15) is 43.1 Å². The van der Waals surface area contributed by atoms with E-state index in [1.54, 1.807) is 20.8 Å². The van der Waals surface area contributed by atoms with E-state index in [9.17, 15) is 19.6 Å². The molecule has 1 heterocycles. The van der Waals surface area contributed by atoms with E-state index in [-0.39, 0.29) is 60.8 Å². The number of hydrogen-bond acceptors (Lipinski definition) is 9. The van der Waals surface area contributed by atoms with E-state index in [0.717, 1.165) is 11.8 Å². The Balaban J connectivity index is 2.19. The molecule has 0 saturated carbocycles. The second-order valence-corrected chi connectivity index (χ2v) is 10.7. The number of nitrogens with zero attached hydrogens (tertiary/aromatic N) is 2. The zero-order valence-electron chi connectivity index (χ0n) is 22.6.